The standard InChI is InChI=1S/C13H20N2/c1-15-9-5-6-12(11-15)10-14-13-7-3-2-4-8-13/h2-4,7-8,12,14H,5-6,9-11H2,1H3/t12-/m0/s1. The van der Waals surface area contributed by atoms with Gasteiger partial charge in [0, 0.05) is 18.8 Å². The molecule has 1 heterocycles. The summed E-state index contributed by atoms with van der Waals surface area (Å²) in [6, 6.07) is 10.5. The van der Waals surface area contributed by atoms with Gasteiger partial charge in [0.2, 0.25) is 0 Å². The number of anilines is 1. The van der Waals surface area contributed by atoms with Crippen molar-refractivity contribution in [2.24, 2.45) is 5.92 Å². The highest BCUT2D eigenvalue weighted by atomic mass is 15.1. The van der Waals surface area contributed by atoms with E-state index in [0.717, 1.165) is 12.5 Å². The second-order valence-electron chi connectivity index (χ2n) is 4.52. The number of hydrogen-bond donors (Lipinski definition) is 1. The van der Waals surface area contributed by atoms with Gasteiger partial charge in [-0.15, -0.1) is 0 Å². The lowest BCUT2D eigenvalue weighted by molar-refractivity contribution is 0.217. The van der Waals surface area contributed by atoms with Crippen molar-refractivity contribution in [1.29, 1.82) is 0 Å². The minimum Gasteiger partial charge on any atom is -0.385 e. The van der Waals surface area contributed by atoms with E-state index in [1.165, 1.54) is 31.6 Å². The van der Waals surface area contributed by atoms with Gasteiger partial charge in [-0.05, 0) is 44.5 Å². The molecule has 0 aromatic heterocycles. The van der Waals surface area contributed by atoms with E-state index < -0.39 is 0 Å². The van der Waals surface area contributed by atoms with Crippen LogP contribution in [-0.4, -0.2) is 31.6 Å². The molecule has 0 spiro atoms. The first-order valence-corrected chi connectivity index (χ1v) is 5.82. The molecule has 1 aliphatic rings. The molecule has 2 rings (SSSR count). The Morgan fingerprint density at radius 1 is 1.33 bits per heavy atom. The van der Waals surface area contributed by atoms with Gasteiger partial charge >= 0.3 is 0 Å². The Hall–Kier alpha value is -1.02. The third-order valence-corrected chi connectivity index (χ3v) is 3.09. The summed E-state index contributed by atoms with van der Waals surface area (Å²) < 4.78 is 0. The third kappa shape index (κ3) is 3.24. The molecule has 0 amide bonds. The molecule has 1 aromatic rings. The number of piperidine rings is 1. The lowest BCUT2D eigenvalue weighted by Crippen LogP contribution is -2.35. The second kappa shape index (κ2) is 5.17. The summed E-state index contributed by atoms with van der Waals surface area (Å²) >= 11 is 0. The minimum atomic E-state index is 0.809. The Balaban J connectivity index is 1.78. The van der Waals surface area contributed by atoms with Crippen LogP contribution in [0.3, 0.4) is 0 Å². The van der Waals surface area contributed by atoms with Crippen molar-refractivity contribution >= 4 is 5.69 Å². The molecule has 2 nitrogen and oxygen atoms in total. The Morgan fingerprint density at radius 2 is 2.13 bits per heavy atom. The highest BCUT2D eigenvalue weighted by Gasteiger charge is 2.16. The summed E-state index contributed by atoms with van der Waals surface area (Å²) in [5.41, 5.74) is 1.24. The van der Waals surface area contributed by atoms with E-state index in [9.17, 15) is 0 Å². The van der Waals surface area contributed by atoms with Crippen LogP contribution in [0.2, 0.25) is 0 Å². The van der Waals surface area contributed by atoms with Gasteiger partial charge in [-0.1, -0.05) is 18.2 Å². The average Bonchev–Trinajstić information content (AvgIpc) is 2.28. The Bertz CT molecular complexity index is 284. The van der Waals surface area contributed by atoms with E-state index in [4.69, 9.17) is 0 Å². The summed E-state index contributed by atoms with van der Waals surface area (Å²) in [6.07, 6.45) is 2.71. The molecule has 1 atom stereocenters. The van der Waals surface area contributed by atoms with Crippen molar-refractivity contribution in [3.8, 4) is 0 Å². The Kier molecular flexibility index (Phi) is 3.62. The van der Waals surface area contributed by atoms with Crippen LogP contribution in [-0.2, 0) is 0 Å². The highest BCUT2D eigenvalue weighted by Crippen LogP contribution is 2.16. The molecule has 82 valence electrons. The smallest absolute Gasteiger partial charge is 0.0340 e. The van der Waals surface area contributed by atoms with Gasteiger partial charge in [0.25, 0.3) is 0 Å². The first-order valence-electron chi connectivity index (χ1n) is 5.82. The molecule has 1 fully saturated rings. The first-order chi connectivity index (χ1) is 7.34. The van der Waals surface area contributed by atoms with Crippen molar-refractivity contribution in [3.63, 3.8) is 0 Å². The molecule has 0 bridgehead atoms. The van der Waals surface area contributed by atoms with Crippen molar-refractivity contribution in [3.05, 3.63) is 30.3 Å². The lowest BCUT2D eigenvalue weighted by atomic mass is 9.98. The number of nitrogens with zero attached hydrogens (tertiary/aromatic N) is 1. The summed E-state index contributed by atoms with van der Waals surface area (Å²) in [7, 11) is 2.22. The van der Waals surface area contributed by atoms with Crippen molar-refractivity contribution < 1.29 is 0 Å². The van der Waals surface area contributed by atoms with Gasteiger partial charge in [-0.2, -0.15) is 0 Å². The molecule has 1 saturated heterocycles. The van der Waals surface area contributed by atoms with Gasteiger partial charge in [-0.25, -0.2) is 0 Å². The summed E-state index contributed by atoms with van der Waals surface area (Å²) in [5, 5.41) is 3.51. The Morgan fingerprint density at radius 3 is 2.87 bits per heavy atom. The summed E-state index contributed by atoms with van der Waals surface area (Å²) in [6.45, 7) is 3.61. The van der Waals surface area contributed by atoms with Gasteiger partial charge in [0.15, 0.2) is 0 Å². The average molecular weight is 204 g/mol. The molecule has 1 aromatic carbocycles. The number of para-hydroxylation sites is 1. The van der Waals surface area contributed by atoms with Crippen molar-refractivity contribution in [1.82, 2.24) is 4.90 Å². The van der Waals surface area contributed by atoms with E-state index >= 15 is 0 Å². The molecule has 0 saturated carbocycles. The maximum Gasteiger partial charge on any atom is 0.0340 e. The summed E-state index contributed by atoms with van der Waals surface area (Å²) in [4.78, 5) is 2.43. The molecule has 0 radical (unpaired) electrons. The summed E-state index contributed by atoms with van der Waals surface area (Å²) in [5.74, 6) is 0.809. The van der Waals surface area contributed by atoms with Crippen LogP contribution in [0.4, 0.5) is 5.69 Å². The normalized spacial score (nSPS) is 22.6. The van der Waals surface area contributed by atoms with Crippen LogP contribution in [0.25, 0.3) is 0 Å². The van der Waals surface area contributed by atoms with Gasteiger partial charge in [-0.3, -0.25) is 0 Å². The third-order valence-electron chi connectivity index (χ3n) is 3.09. The first kappa shape index (κ1) is 10.5. The zero-order valence-corrected chi connectivity index (χ0v) is 9.45. The molecule has 15 heavy (non-hydrogen) atoms. The van der Waals surface area contributed by atoms with E-state index in [1.54, 1.807) is 0 Å². The van der Waals surface area contributed by atoms with Crippen LogP contribution in [0.15, 0.2) is 30.3 Å². The predicted molar refractivity (Wildman–Crippen MR) is 65.2 cm³/mol. The van der Waals surface area contributed by atoms with E-state index in [0.29, 0.717) is 0 Å². The Labute approximate surface area is 92.3 Å². The molecule has 1 N–H and O–H groups in total. The lowest BCUT2D eigenvalue weighted by Gasteiger charge is -2.29. The number of hydrogen-bond acceptors (Lipinski definition) is 2. The van der Waals surface area contributed by atoms with Gasteiger partial charge < -0.3 is 10.2 Å². The fourth-order valence-electron chi connectivity index (χ4n) is 2.26. The molecule has 0 aliphatic carbocycles. The number of likely N-dealkylation sites (tertiary alicyclic amines) is 1. The van der Waals surface area contributed by atoms with Gasteiger partial charge in [0.05, 0.1) is 0 Å². The van der Waals surface area contributed by atoms with Crippen LogP contribution in [0, 0.1) is 5.92 Å². The molecular formula is C13H20N2. The monoisotopic (exact) mass is 204 g/mol. The van der Waals surface area contributed by atoms with E-state index in [-0.39, 0.29) is 0 Å². The minimum absolute atomic E-state index is 0.809. The number of nitrogens with one attached hydrogen (secondary N) is 1. The van der Waals surface area contributed by atoms with E-state index in [2.05, 4.69) is 47.6 Å². The molecule has 1 aliphatic heterocycles. The van der Waals surface area contributed by atoms with Crippen molar-refractivity contribution in [2.45, 2.75) is 12.8 Å². The molecule has 0 unspecified atom stereocenters. The maximum atomic E-state index is 3.51. The zero-order chi connectivity index (χ0) is 10.5. The zero-order valence-electron chi connectivity index (χ0n) is 9.45. The van der Waals surface area contributed by atoms with Crippen LogP contribution < -0.4 is 5.32 Å². The van der Waals surface area contributed by atoms with Crippen LogP contribution in [0.5, 0.6) is 0 Å². The van der Waals surface area contributed by atoms with Crippen LogP contribution >= 0.6 is 0 Å². The van der Waals surface area contributed by atoms with Crippen molar-refractivity contribution in [2.75, 3.05) is 32.0 Å². The highest BCUT2D eigenvalue weighted by molar-refractivity contribution is 5.42. The largest absolute Gasteiger partial charge is 0.385 e. The molecule has 2 heteroatoms. The SMILES string of the molecule is CN1CCC[C@@H](CNc2ccccc2)C1. The fourth-order valence-corrected chi connectivity index (χ4v) is 2.26. The van der Waals surface area contributed by atoms with Gasteiger partial charge in [0.1, 0.15) is 0 Å². The predicted octanol–water partition coefficient (Wildman–Crippen LogP) is 2.44. The van der Waals surface area contributed by atoms with E-state index in [1.807, 2.05) is 0 Å². The topological polar surface area (TPSA) is 15.3 Å². The number of rotatable bonds is 3. The van der Waals surface area contributed by atoms with Crippen LogP contribution in [0.1, 0.15) is 12.8 Å². The fraction of sp³-hybridized carbons (Fsp3) is 0.538. The molecular weight excluding hydrogens is 184 g/mol. The quantitative estimate of drug-likeness (QED) is 0.813. The number of benzene rings is 1. The maximum absolute atomic E-state index is 3.51. The second-order valence-corrected chi connectivity index (χ2v) is 4.52.